The zero-order valence-corrected chi connectivity index (χ0v) is 11.2. The molecular weight excluding hydrogens is 282 g/mol. The number of rotatable bonds is 2. The van der Waals surface area contributed by atoms with Gasteiger partial charge in [0, 0.05) is 0 Å². The van der Waals surface area contributed by atoms with Crippen molar-refractivity contribution in [3.05, 3.63) is 23.8 Å². The Hall–Kier alpha value is -2.48. The van der Waals surface area contributed by atoms with E-state index >= 15 is 0 Å². The second-order valence-corrected chi connectivity index (χ2v) is 5.07. The van der Waals surface area contributed by atoms with Gasteiger partial charge in [-0.2, -0.15) is 5.10 Å². The molecule has 1 saturated heterocycles. The molecule has 1 aliphatic heterocycles. The van der Waals surface area contributed by atoms with Crippen molar-refractivity contribution in [3.63, 3.8) is 0 Å². The Morgan fingerprint density at radius 1 is 1.30 bits per heavy atom. The van der Waals surface area contributed by atoms with E-state index in [1.807, 2.05) is 25.1 Å². The number of anilines is 1. The van der Waals surface area contributed by atoms with Gasteiger partial charge in [-0.05, 0) is 24.6 Å². The molecule has 1 N–H and O–H groups in total. The third-order valence-corrected chi connectivity index (χ3v) is 3.50. The molecule has 0 aliphatic carbocycles. The van der Waals surface area contributed by atoms with Crippen LogP contribution in [0.5, 0.6) is 0 Å². The minimum absolute atomic E-state index is 0.378. The fourth-order valence-corrected chi connectivity index (χ4v) is 2.54. The molecule has 0 spiro atoms. The van der Waals surface area contributed by atoms with E-state index in [0.29, 0.717) is 5.13 Å². The highest BCUT2D eigenvalue weighted by atomic mass is 32.1. The Morgan fingerprint density at radius 2 is 2.05 bits per heavy atom. The van der Waals surface area contributed by atoms with Crippen LogP contribution in [0.1, 0.15) is 5.56 Å². The first-order chi connectivity index (χ1) is 9.63. The van der Waals surface area contributed by atoms with E-state index in [9.17, 15) is 9.59 Å². The lowest BCUT2D eigenvalue weighted by atomic mass is 10.2. The summed E-state index contributed by atoms with van der Waals surface area (Å²) in [6, 6.07) is 5.84. The summed E-state index contributed by atoms with van der Waals surface area (Å²) in [6.07, 6.45) is 0. The Morgan fingerprint density at radius 3 is 2.80 bits per heavy atom. The summed E-state index contributed by atoms with van der Waals surface area (Å²) < 4.78 is 10.1. The van der Waals surface area contributed by atoms with E-state index in [0.717, 1.165) is 15.8 Å². The first kappa shape index (κ1) is 12.5. The Bertz CT molecular complexity index is 719. The van der Waals surface area contributed by atoms with Crippen molar-refractivity contribution in [1.29, 1.82) is 0 Å². The molecule has 2 heterocycles. The number of nitrogens with one attached hydrogen (secondary N) is 1. The third-order valence-electron chi connectivity index (χ3n) is 2.57. The monoisotopic (exact) mass is 291 g/mol. The van der Waals surface area contributed by atoms with E-state index in [-0.39, 0.29) is 6.79 Å². The quantitative estimate of drug-likeness (QED) is 0.665. The zero-order valence-electron chi connectivity index (χ0n) is 10.4. The highest BCUT2D eigenvalue weighted by Crippen LogP contribution is 2.26. The summed E-state index contributed by atoms with van der Waals surface area (Å²) in [5, 5.41) is 4.17. The number of carbonyl (C=O) groups excluding carboxylic acids is 2. The van der Waals surface area contributed by atoms with Crippen LogP contribution in [0.2, 0.25) is 0 Å². The fourth-order valence-electron chi connectivity index (χ4n) is 1.63. The first-order valence-corrected chi connectivity index (χ1v) is 6.50. The van der Waals surface area contributed by atoms with E-state index in [2.05, 4.69) is 25.0 Å². The van der Waals surface area contributed by atoms with Gasteiger partial charge in [-0.3, -0.25) is 5.43 Å². The number of fused-ring (bicyclic) bond motifs is 1. The van der Waals surface area contributed by atoms with Crippen LogP contribution in [-0.2, 0) is 19.1 Å². The number of benzene rings is 1. The highest BCUT2D eigenvalue weighted by molar-refractivity contribution is 7.22. The SMILES string of the molecule is Cc1ccc2nc(NN=C3C(=O)OCOC3=O)sc2c1. The van der Waals surface area contributed by atoms with Crippen LogP contribution in [0.25, 0.3) is 10.2 Å². The molecule has 3 rings (SSSR count). The van der Waals surface area contributed by atoms with Crippen molar-refractivity contribution in [2.24, 2.45) is 5.10 Å². The second kappa shape index (κ2) is 4.89. The number of carbonyl (C=O) groups is 2. The molecule has 0 amide bonds. The van der Waals surface area contributed by atoms with E-state index in [1.54, 1.807) is 0 Å². The van der Waals surface area contributed by atoms with Gasteiger partial charge in [0.25, 0.3) is 5.71 Å². The lowest BCUT2D eigenvalue weighted by molar-refractivity contribution is -0.165. The minimum atomic E-state index is -0.814. The van der Waals surface area contributed by atoms with Gasteiger partial charge in [-0.15, -0.1) is 0 Å². The Balaban J connectivity index is 1.85. The van der Waals surface area contributed by atoms with Crippen LogP contribution in [0.3, 0.4) is 0 Å². The summed E-state index contributed by atoms with van der Waals surface area (Å²) in [4.78, 5) is 26.9. The number of esters is 2. The number of hydrazone groups is 1. The molecule has 7 nitrogen and oxygen atoms in total. The van der Waals surface area contributed by atoms with Gasteiger partial charge in [0.2, 0.25) is 11.9 Å². The lowest BCUT2D eigenvalue weighted by Gasteiger charge is -2.12. The molecular formula is C12H9N3O4S. The largest absolute Gasteiger partial charge is 0.423 e. The van der Waals surface area contributed by atoms with Crippen LogP contribution in [0.15, 0.2) is 23.3 Å². The van der Waals surface area contributed by atoms with Crippen molar-refractivity contribution in [2.75, 3.05) is 12.2 Å². The second-order valence-electron chi connectivity index (χ2n) is 4.04. The van der Waals surface area contributed by atoms with Gasteiger partial charge in [0.05, 0.1) is 10.2 Å². The third kappa shape index (κ3) is 2.32. The van der Waals surface area contributed by atoms with Crippen molar-refractivity contribution >= 4 is 44.3 Å². The molecule has 0 radical (unpaired) electrons. The topological polar surface area (TPSA) is 89.9 Å². The van der Waals surface area contributed by atoms with Crippen LogP contribution >= 0.6 is 11.3 Å². The summed E-state index contributed by atoms with van der Waals surface area (Å²) in [5.74, 6) is -1.63. The van der Waals surface area contributed by atoms with Crippen molar-refractivity contribution < 1.29 is 19.1 Å². The average Bonchev–Trinajstić information content (AvgIpc) is 2.80. The van der Waals surface area contributed by atoms with Crippen molar-refractivity contribution in [3.8, 4) is 0 Å². The number of hydrogen-bond donors (Lipinski definition) is 1. The normalized spacial score (nSPS) is 14.9. The number of nitrogens with zero attached hydrogens (tertiary/aromatic N) is 2. The van der Waals surface area contributed by atoms with Gasteiger partial charge in [-0.1, -0.05) is 17.4 Å². The molecule has 0 saturated carbocycles. The molecule has 0 bridgehead atoms. The fraction of sp³-hybridized carbons (Fsp3) is 0.167. The van der Waals surface area contributed by atoms with Gasteiger partial charge in [-0.25, -0.2) is 14.6 Å². The van der Waals surface area contributed by atoms with Crippen LogP contribution < -0.4 is 5.43 Å². The number of aromatic nitrogens is 1. The first-order valence-electron chi connectivity index (χ1n) is 5.68. The number of ether oxygens (including phenoxy) is 2. The van der Waals surface area contributed by atoms with E-state index in [4.69, 9.17) is 0 Å². The summed E-state index contributed by atoms with van der Waals surface area (Å²) >= 11 is 1.37. The average molecular weight is 291 g/mol. The minimum Gasteiger partial charge on any atom is -0.423 e. The summed E-state index contributed by atoms with van der Waals surface area (Å²) in [6.45, 7) is 1.61. The predicted molar refractivity (Wildman–Crippen MR) is 72.5 cm³/mol. The molecule has 1 aromatic heterocycles. The molecule has 102 valence electrons. The Kier molecular flexibility index (Phi) is 3.07. The van der Waals surface area contributed by atoms with Crippen LogP contribution in [0, 0.1) is 6.92 Å². The predicted octanol–water partition coefficient (Wildman–Crippen LogP) is 1.43. The van der Waals surface area contributed by atoms with Crippen LogP contribution in [-0.4, -0.2) is 29.4 Å². The molecule has 1 aromatic carbocycles. The van der Waals surface area contributed by atoms with E-state index < -0.39 is 17.7 Å². The number of thiazole rings is 1. The van der Waals surface area contributed by atoms with Gasteiger partial charge in [0.15, 0.2) is 0 Å². The molecule has 1 fully saturated rings. The maximum atomic E-state index is 11.3. The summed E-state index contributed by atoms with van der Waals surface area (Å²) in [5.41, 5.74) is 4.09. The maximum Gasteiger partial charge on any atom is 0.369 e. The number of aryl methyl sites for hydroxylation is 1. The zero-order chi connectivity index (χ0) is 14.1. The number of hydrogen-bond acceptors (Lipinski definition) is 8. The van der Waals surface area contributed by atoms with Crippen LogP contribution in [0.4, 0.5) is 5.13 Å². The van der Waals surface area contributed by atoms with Crippen molar-refractivity contribution in [2.45, 2.75) is 6.92 Å². The molecule has 0 atom stereocenters. The smallest absolute Gasteiger partial charge is 0.369 e. The highest BCUT2D eigenvalue weighted by Gasteiger charge is 2.29. The lowest BCUT2D eigenvalue weighted by Crippen LogP contribution is -2.35. The van der Waals surface area contributed by atoms with Crippen molar-refractivity contribution in [1.82, 2.24) is 4.98 Å². The van der Waals surface area contributed by atoms with E-state index in [1.165, 1.54) is 11.3 Å². The molecule has 8 heteroatoms. The van der Waals surface area contributed by atoms with Gasteiger partial charge < -0.3 is 9.47 Å². The molecule has 2 aromatic rings. The molecule has 20 heavy (non-hydrogen) atoms. The maximum absolute atomic E-state index is 11.3. The Labute approximate surface area is 117 Å². The summed E-state index contributed by atoms with van der Waals surface area (Å²) in [7, 11) is 0. The van der Waals surface area contributed by atoms with Gasteiger partial charge >= 0.3 is 11.9 Å². The molecule has 1 aliphatic rings. The molecule has 0 unspecified atom stereocenters. The standard InChI is InChI=1S/C12H9N3O4S/c1-6-2-3-7-8(4-6)20-12(13-7)15-14-9-10(16)18-5-19-11(9)17/h2-4H,5H2,1H3,(H,13,15). The number of cyclic esters (lactones) is 2. The van der Waals surface area contributed by atoms with Gasteiger partial charge in [0.1, 0.15) is 0 Å².